The van der Waals surface area contributed by atoms with Crippen LogP contribution >= 0.6 is 0 Å². The number of rotatable bonds is 5. The van der Waals surface area contributed by atoms with Crippen molar-refractivity contribution in [2.45, 2.75) is 32.1 Å². The van der Waals surface area contributed by atoms with Crippen LogP contribution in [-0.4, -0.2) is 24.7 Å². The van der Waals surface area contributed by atoms with Crippen molar-refractivity contribution in [1.29, 1.82) is 0 Å². The van der Waals surface area contributed by atoms with Gasteiger partial charge in [-0.15, -0.1) is 0 Å². The highest BCUT2D eigenvalue weighted by atomic mass is 32.2. The lowest BCUT2D eigenvalue weighted by molar-refractivity contribution is 0.581. The zero-order valence-corrected chi connectivity index (χ0v) is 13.2. The summed E-state index contributed by atoms with van der Waals surface area (Å²) in [7, 11) is -3.44. The summed E-state index contributed by atoms with van der Waals surface area (Å²) in [6.45, 7) is 6.06. The third-order valence-corrected chi connectivity index (χ3v) is 4.76. The van der Waals surface area contributed by atoms with Gasteiger partial charge in [-0.25, -0.2) is 17.8 Å². The molecular formula is C14H20N4O2S. The molecule has 2 rings (SSSR count). The number of aromatic nitrogens is 2. The fourth-order valence-electron chi connectivity index (χ4n) is 1.99. The lowest BCUT2D eigenvalue weighted by Crippen LogP contribution is -2.24. The Hall–Kier alpha value is -1.86. The van der Waals surface area contributed by atoms with E-state index in [-0.39, 0.29) is 4.90 Å². The molecule has 0 aliphatic heterocycles. The first-order chi connectivity index (χ1) is 9.86. The molecule has 3 N–H and O–H groups in total. The molecule has 0 saturated carbocycles. The van der Waals surface area contributed by atoms with Crippen LogP contribution in [0.2, 0.25) is 0 Å². The van der Waals surface area contributed by atoms with E-state index in [1.54, 1.807) is 28.9 Å². The van der Waals surface area contributed by atoms with Crippen molar-refractivity contribution in [1.82, 2.24) is 14.5 Å². The molecule has 0 atom stereocenters. The number of hydrogen-bond donors (Lipinski definition) is 2. The van der Waals surface area contributed by atoms with Crippen LogP contribution in [0.15, 0.2) is 29.2 Å². The van der Waals surface area contributed by atoms with Crippen molar-refractivity contribution >= 4 is 15.7 Å². The van der Waals surface area contributed by atoms with E-state index >= 15 is 0 Å². The van der Waals surface area contributed by atoms with Gasteiger partial charge in [-0.1, -0.05) is 6.92 Å². The van der Waals surface area contributed by atoms with Gasteiger partial charge in [-0.2, -0.15) is 5.10 Å². The van der Waals surface area contributed by atoms with Gasteiger partial charge in [0.05, 0.1) is 27.7 Å². The van der Waals surface area contributed by atoms with Crippen LogP contribution in [0.1, 0.15) is 24.7 Å². The topological polar surface area (TPSA) is 90.0 Å². The SMILES string of the molecule is CCCNS(=O)(=O)c1ccc(-n2nc(C)c(N)c2C)cc1. The van der Waals surface area contributed by atoms with E-state index < -0.39 is 10.0 Å². The minimum Gasteiger partial charge on any atom is -0.396 e. The van der Waals surface area contributed by atoms with Crippen LogP contribution in [0, 0.1) is 13.8 Å². The van der Waals surface area contributed by atoms with Crippen LogP contribution < -0.4 is 10.5 Å². The van der Waals surface area contributed by atoms with Crippen molar-refractivity contribution in [3.05, 3.63) is 35.7 Å². The summed E-state index contributed by atoms with van der Waals surface area (Å²) in [6, 6.07) is 6.58. The summed E-state index contributed by atoms with van der Waals surface area (Å²) < 4.78 is 28.3. The number of hydrogen-bond acceptors (Lipinski definition) is 4. The van der Waals surface area contributed by atoms with Gasteiger partial charge in [0.15, 0.2) is 0 Å². The molecule has 0 aliphatic carbocycles. The summed E-state index contributed by atoms with van der Waals surface area (Å²) >= 11 is 0. The molecule has 1 aromatic heterocycles. The number of sulfonamides is 1. The Labute approximate surface area is 125 Å². The number of nitrogens with two attached hydrogens (primary N) is 1. The largest absolute Gasteiger partial charge is 0.396 e. The van der Waals surface area contributed by atoms with Gasteiger partial charge in [0, 0.05) is 6.54 Å². The second-order valence-electron chi connectivity index (χ2n) is 4.89. The van der Waals surface area contributed by atoms with Crippen LogP contribution in [0.4, 0.5) is 5.69 Å². The molecule has 7 heteroatoms. The molecule has 114 valence electrons. The molecule has 6 nitrogen and oxygen atoms in total. The molecule has 0 radical (unpaired) electrons. The Morgan fingerprint density at radius 3 is 2.33 bits per heavy atom. The molecule has 0 bridgehead atoms. The molecule has 0 unspecified atom stereocenters. The molecule has 2 aromatic rings. The maximum absolute atomic E-state index is 12.0. The number of anilines is 1. The van der Waals surface area contributed by atoms with Crippen molar-refractivity contribution < 1.29 is 8.42 Å². The van der Waals surface area contributed by atoms with Gasteiger partial charge in [-0.05, 0) is 44.5 Å². The van der Waals surface area contributed by atoms with Gasteiger partial charge in [-0.3, -0.25) is 0 Å². The van der Waals surface area contributed by atoms with Crippen molar-refractivity contribution in [3.63, 3.8) is 0 Å². The Morgan fingerprint density at radius 2 is 1.86 bits per heavy atom. The standard InChI is InChI=1S/C14H20N4O2S/c1-4-9-16-21(19,20)13-7-5-12(6-8-13)18-11(3)14(15)10(2)17-18/h5-8,16H,4,9,15H2,1-3H3. The van der Waals surface area contributed by atoms with Crippen molar-refractivity contribution in [2.75, 3.05) is 12.3 Å². The van der Waals surface area contributed by atoms with Gasteiger partial charge >= 0.3 is 0 Å². The maximum Gasteiger partial charge on any atom is 0.240 e. The highest BCUT2D eigenvalue weighted by molar-refractivity contribution is 7.89. The molecule has 0 amide bonds. The van der Waals surface area contributed by atoms with E-state index in [1.165, 1.54) is 0 Å². The van der Waals surface area contributed by atoms with E-state index in [2.05, 4.69) is 9.82 Å². The summed E-state index contributed by atoms with van der Waals surface area (Å²) in [6.07, 6.45) is 0.752. The minimum absolute atomic E-state index is 0.245. The van der Waals surface area contributed by atoms with E-state index in [0.717, 1.165) is 23.5 Å². The third-order valence-electron chi connectivity index (χ3n) is 3.28. The minimum atomic E-state index is -3.44. The monoisotopic (exact) mass is 308 g/mol. The van der Waals surface area contributed by atoms with E-state index in [1.807, 2.05) is 20.8 Å². The molecule has 1 heterocycles. The molecule has 1 aromatic carbocycles. The summed E-state index contributed by atoms with van der Waals surface area (Å²) in [5.74, 6) is 0. The van der Waals surface area contributed by atoms with Crippen LogP contribution in [0.5, 0.6) is 0 Å². The maximum atomic E-state index is 12.0. The van der Waals surface area contributed by atoms with Gasteiger partial charge in [0.2, 0.25) is 10.0 Å². The molecule has 21 heavy (non-hydrogen) atoms. The number of nitrogens with one attached hydrogen (secondary N) is 1. The number of aryl methyl sites for hydroxylation is 1. The third kappa shape index (κ3) is 3.08. The Kier molecular flexibility index (Phi) is 4.34. The smallest absolute Gasteiger partial charge is 0.240 e. The first-order valence-corrected chi connectivity index (χ1v) is 8.27. The highest BCUT2D eigenvalue weighted by Crippen LogP contribution is 2.20. The lowest BCUT2D eigenvalue weighted by atomic mass is 10.3. The van der Waals surface area contributed by atoms with Crippen LogP contribution in [0.3, 0.4) is 0 Å². The first-order valence-electron chi connectivity index (χ1n) is 6.78. The van der Waals surface area contributed by atoms with Gasteiger partial charge in [0.1, 0.15) is 0 Å². The number of nitrogens with zero attached hydrogens (tertiary/aromatic N) is 2. The average Bonchev–Trinajstić information content (AvgIpc) is 2.73. The van der Waals surface area contributed by atoms with E-state index in [4.69, 9.17) is 5.73 Å². The van der Waals surface area contributed by atoms with E-state index in [0.29, 0.717) is 12.2 Å². The molecule has 0 fully saturated rings. The normalized spacial score (nSPS) is 11.8. The zero-order valence-electron chi connectivity index (χ0n) is 12.4. The fraction of sp³-hybridized carbons (Fsp3) is 0.357. The second-order valence-corrected chi connectivity index (χ2v) is 6.65. The Morgan fingerprint density at radius 1 is 1.24 bits per heavy atom. The summed E-state index contributed by atoms with van der Waals surface area (Å²) in [4.78, 5) is 0.245. The van der Waals surface area contributed by atoms with Gasteiger partial charge < -0.3 is 5.73 Å². The van der Waals surface area contributed by atoms with E-state index in [9.17, 15) is 8.42 Å². The molecule has 0 aliphatic rings. The predicted molar refractivity (Wildman–Crippen MR) is 82.9 cm³/mol. The predicted octanol–water partition coefficient (Wildman–Crippen LogP) is 1.76. The van der Waals surface area contributed by atoms with Crippen LogP contribution in [0.25, 0.3) is 5.69 Å². The summed E-state index contributed by atoms with van der Waals surface area (Å²) in [5, 5.41) is 4.35. The number of nitrogen functional groups attached to an aromatic ring is 1. The average molecular weight is 308 g/mol. The second kappa shape index (κ2) is 5.87. The first kappa shape index (κ1) is 15.5. The zero-order chi connectivity index (χ0) is 15.6. The lowest BCUT2D eigenvalue weighted by Gasteiger charge is -2.08. The molecule has 0 spiro atoms. The highest BCUT2D eigenvalue weighted by Gasteiger charge is 2.14. The Bertz CT molecular complexity index is 733. The molecular weight excluding hydrogens is 288 g/mol. The molecule has 0 saturated heterocycles. The fourth-order valence-corrected chi connectivity index (χ4v) is 3.13. The van der Waals surface area contributed by atoms with Crippen molar-refractivity contribution in [3.8, 4) is 5.69 Å². The summed E-state index contributed by atoms with van der Waals surface area (Å²) in [5.41, 5.74) is 8.93. The van der Waals surface area contributed by atoms with Gasteiger partial charge in [0.25, 0.3) is 0 Å². The quantitative estimate of drug-likeness (QED) is 0.880. The Balaban J connectivity index is 2.33. The van der Waals surface area contributed by atoms with Crippen LogP contribution in [-0.2, 0) is 10.0 Å². The van der Waals surface area contributed by atoms with Crippen molar-refractivity contribution in [2.24, 2.45) is 0 Å². The number of benzene rings is 1.